The topological polar surface area (TPSA) is 58.6 Å². The van der Waals surface area contributed by atoms with Gasteiger partial charge in [0.1, 0.15) is 12.4 Å². The molecule has 1 N–H and O–H groups in total. The number of anilines is 2. The smallest absolute Gasteiger partial charge is 0.255 e. The van der Waals surface area contributed by atoms with Gasteiger partial charge in [-0.1, -0.05) is 35.9 Å². The third kappa shape index (κ3) is 4.63. The maximum atomic E-state index is 12.6. The van der Waals surface area contributed by atoms with Crippen LogP contribution in [0.3, 0.4) is 0 Å². The van der Waals surface area contributed by atoms with Crippen molar-refractivity contribution in [3.05, 3.63) is 88.9 Å². The van der Waals surface area contributed by atoms with E-state index in [2.05, 4.69) is 5.32 Å². The molecule has 30 heavy (non-hydrogen) atoms. The first-order valence-corrected chi connectivity index (χ1v) is 10.2. The number of nitrogens with zero attached hydrogens (tertiary/aromatic N) is 1. The van der Waals surface area contributed by atoms with E-state index in [4.69, 9.17) is 16.3 Å². The molecule has 4 rings (SSSR count). The fourth-order valence-corrected chi connectivity index (χ4v) is 3.54. The van der Waals surface area contributed by atoms with Crippen LogP contribution in [0.25, 0.3) is 0 Å². The average molecular weight is 421 g/mol. The van der Waals surface area contributed by atoms with Crippen LogP contribution >= 0.6 is 11.6 Å². The molecule has 0 bridgehead atoms. The van der Waals surface area contributed by atoms with E-state index in [1.54, 1.807) is 41.3 Å². The van der Waals surface area contributed by atoms with Gasteiger partial charge in [-0.15, -0.1) is 0 Å². The van der Waals surface area contributed by atoms with E-state index in [1.807, 2.05) is 36.4 Å². The van der Waals surface area contributed by atoms with Crippen molar-refractivity contribution in [3.8, 4) is 5.75 Å². The van der Waals surface area contributed by atoms with Crippen LogP contribution in [-0.2, 0) is 11.4 Å². The van der Waals surface area contributed by atoms with Gasteiger partial charge in [-0.05, 0) is 55.0 Å². The van der Waals surface area contributed by atoms with Gasteiger partial charge in [0.2, 0.25) is 5.91 Å². The van der Waals surface area contributed by atoms with Crippen molar-refractivity contribution in [3.63, 3.8) is 0 Å². The molecule has 0 spiro atoms. The van der Waals surface area contributed by atoms with Gasteiger partial charge in [-0.25, -0.2) is 0 Å². The monoisotopic (exact) mass is 420 g/mol. The second-order valence-corrected chi connectivity index (χ2v) is 7.47. The standard InChI is InChI=1S/C24H21ClN2O3/c25-22-8-2-1-5-18(22)16-30-21-7-3-6-17(15-21)24(29)26-19-10-12-20(13-11-19)27-14-4-9-23(27)28/h1-3,5-8,10-13,15H,4,9,14,16H2,(H,26,29). The first kappa shape index (κ1) is 20.0. The third-order valence-electron chi connectivity index (χ3n) is 4.96. The van der Waals surface area contributed by atoms with Crippen molar-refractivity contribution in [2.24, 2.45) is 0 Å². The molecule has 1 aliphatic heterocycles. The number of benzene rings is 3. The maximum Gasteiger partial charge on any atom is 0.255 e. The summed E-state index contributed by atoms with van der Waals surface area (Å²) < 4.78 is 5.79. The van der Waals surface area contributed by atoms with Gasteiger partial charge in [0, 0.05) is 40.5 Å². The number of rotatable bonds is 6. The number of amides is 2. The summed E-state index contributed by atoms with van der Waals surface area (Å²) in [4.78, 5) is 26.3. The summed E-state index contributed by atoms with van der Waals surface area (Å²) in [5.41, 5.74) is 2.89. The van der Waals surface area contributed by atoms with Crippen LogP contribution in [0.2, 0.25) is 5.02 Å². The molecule has 0 atom stereocenters. The molecule has 1 fully saturated rings. The van der Waals surface area contributed by atoms with Crippen LogP contribution in [0, 0.1) is 0 Å². The van der Waals surface area contributed by atoms with Gasteiger partial charge in [-0.3, -0.25) is 9.59 Å². The Balaban J connectivity index is 1.39. The van der Waals surface area contributed by atoms with Crippen LogP contribution in [0.15, 0.2) is 72.8 Å². The average Bonchev–Trinajstić information content (AvgIpc) is 3.20. The van der Waals surface area contributed by atoms with E-state index in [0.717, 1.165) is 24.2 Å². The second-order valence-electron chi connectivity index (χ2n) is 7.06. The fraction of sp³-hybridized carbons (Fsp3) is 0.167. The number of ether oxygens (including phenoxy) is 1. The number of hydrogen-bond acceptors (Lipinski definition) is 3. The lowest BCUT2D eigenvalue weighted by Crippen LogP contribution is -2.23. The zero-order valence-corrected chi connectivity index (χ0v) is 17.1. The van der Waals surface area contributed by atoms with Gasteiger partial charge in [-0.2, -0.15) is 0 Å². The maximum absolute atomic E-state index is 12.6. The fourth-order valence-electron chi connectivity index (χ4n) is 3.35. The first-order valence-electron chi connectivity index (χ1n) is 9.78. The molecule has 0 saturated carbocycles. The highest BCUT2D eigenvalue weighted by Gasteiger charge is 2.21. The molecule has 1 aliphatic rings. The second kappa shape index (κ2) is 9.01. The quantitative estimate of drug-likeness (QED) is 0.588. The highest BCUT2D eigenvalue weighted by molar-refractivity contribution is 6.31. The number of carbonyl (C=O) groups is 2. The summed E-state index contributed by atoms with van der Waals surface area (Å²) in [6.45, 7) is 1.06. The number of halogens is 1. The Kier molecular flexibility index (Phi) is 6.00. The molecule has 1 heterocycles. The van der Waals surface area contributed by atoms with Crippen LogP contribution in [-0.4, -0.2) is 18.4 Å². The van der Waals surface area contributed by atoms with Crippen LogP contribution in [0.5, 0.6) is 5.75 Å². The van der Waals surface area contributed by atoms with Crippen molar-refractivity contribution in [1.82, 2.24) is 0 Å². The summed E-state index contributed by atoms with van der Waals surface area (Å²) in [7, 11) is 0. The Hall–Kier alpha value is -3.31. The number of carbonyl (C=O) groups excluding carboxylic acids is 2. The van der Waals surface area contributed by atoms with E-state index in [1.165, 1.54) is 0 Å². The molecule has 0 radical (unpaired) electrons. The molecular weight excluding hydrogens is 400 g/mol. The summed E-state index contributed by atoms with van der Waals surface area (Å²) in [6, 6.07) is 21.8. The van der Waals surface area contributed by atoms with Gasteiger partial charge in [0.15, 0.2) is 0 Å². The van der Waals surface area contributed by atoms with E-state index in [0.29, 0.717) is 35.1 Å². The SMILES string of the molecule is O=C(Nc1ccc(N2CCCC2=O)cc1)c1cccc(OCc2ccccc2Cl)c1. The van der Waals surface area contributed by atoms with Crippen molar-refractivity contribution >= 4 is 34.8 Å². The van der Waals surface area contributed by atoms with Crippen LogP contribution in [0.4, 0.5) is 11.4 Å². The lowest BCUT2D eigenvalue weighted by molar-refractivity contribution is -0.117. The third-order valence-corrected chi connectivity index (χ3v) is 5.33. The van der Waals surface area contributed by atoms with Crippen molar-refractivity contribution in [2.75, 3.05) is 16.8 Å². The molecule has 2 amide bonds. The van der Waals surface area contributed by atoms with Crippen molar-refractivity contribution in [1.29, 1.82) is 0 Å². The first-order chi connectivity index (χ1) is 14.6. The Morgan fingerprint density at radius 1 is 1.03 bits per heavy atom. The van der Waals surface area contributed by atoms with Gasteiger partial charge >= 0.3 is 0 Å². The molecule has 3 aromatic rings. The Bertz CT molecular complexity index is 1070. The molecule has 0 aromatic heterocycles. The molecule has 5 nitrogen and oxygen atoms in total. The predicted molar refractivity (Wildman–Crippen MR) is 118 cm³/mol. The Labute approximate surface area is 180 Å². The van der Waals surface area contributed by atoms with Crippen LogP contribution in [0.1, 0.15) is 28.8 Å². The molecule has 152 valence electrons. The minimum Gasteiger partial charge on any atom is -0.489 e. The van der Waals surface area contributed by atoms with Crippen molar-refractivity contribution < 1.29 is 14.3 Å². The van der Waals surface area contributed by atoms with E-state index < -0.39 is 0 Å². The summed E-state index contributed by atoms with van der Waals surface area (Å²) in [5, 5.41) is 3.52. The van der Waals surface area contributed by atoms with E-state index in [9.17, 15) is 9.59 Å². The minimum absolute atomic E-state index is 0.139. The minimum atomic E-state index is -0.233. The summed E-state index contributed by atoms with van der Waals surface area (Å²) in [6.07, 6.45) is 1.47. The number of hydrogen-bond donors (Lipinski definition) is 1. The molecular formula is C24H21ClN2O3. The molecule has 0 aliphatic carbocycles. The van der Waals surface area contributed by atoms with Gasteiger partial charge in [0.25, 0.3) is 5.91 Å². The largest absolute Gasteiger partial charge is 0.489 e. The predicted octanol–water partition coefficient (Wildman–Crippen LogP) is 5.30. The van der Waals surface area contributed by atoms with Crippen molar-refractivity contribution in [2.45, 2.75) is 19.4 Å². The summed E-state index contributed by atoms with van der Waals surface area (Å²) in [5.74, 6) is 0.494. The van der Waals surface area contributed by atoms with Gasteiger partial charge < -0.3 is 15.0 Å². The molecule has 0 unspecified atom stereocenters. The van der Waals surface area contributed by atoms with Crippen LogP contribution < -0.4 is 15.0 Å². The molecule has 6 heteroatoms. The molecule has 3 aromatic carbocycles. The zero-order valence-electron chi connectivity index (χ0n) is 16.3. The molecule has 1 saturated heterocycles. The van der Waals surface area contributed by atoms with E-state index in [-0.39, 0.29) is 11.8 Å². The highest BCUT2D eigenvalue weighted by atomic mass is 35.5. The highest BCUT2D eigenvalue weighted by Crippen LogP contribution is 2.24. The summed E-state index contributed by atoms with van der Waals surface area (Å²) >= 11 is 6.16. The number of nitrogens with one attached hydrogen (secondary N) is 1. The van der Waals surface area contributed by atoms with Gasteiger partial charge in [0.05, 0.1) is 0 Å². The Morgan fingerprint density at radius 3 is 2.57 bits per heavy atom. The Morgan fingerprint density at radius 2 is 1.83 bits per heavy atom. The lowest BCUT2D eigenvalue weighted by Gasteiger charge is -2.16. The van der Waals surface area contributed by atoms with E-state index >= 15 is 0 Å². The normalized spacial score (nSPS) is 13.4. The lowest BCUT2D eigenvalue weighted by atomic mass is 10.2. The zero-order chi connectivity index (χ0) is 20.9.